The quantitative estimate of drug-likeness (QED) is 0.790. The van der Waals surface area contributed by atoms with Crippen molar-refractivity contribution in [3.05, 3.63) is 17.5 Å². The first kappa shape index (κ1) is 16.8. The van der Waals surface area contributed by atoms with Crippen LogP contribution in [0.1, 0.15) is 19.8 Å². The number of hydrogen-bond donors (Lipinski definition) is 1. The van der Waals surface area contributed by atoms with E-state index in [0.717, 1.165) is 12.8 Å². The highest BCUT2D eigenvalue weighted by Gasteiger charge is 2.31. The number of hydrogen-bond acceptors (Lipinski definition) is 5. The molecule has 8 heteroatoms. The summed E-state index contributed by atoms with van der Waals surface area (Å²) in [5.41, 5.74) is 5.81. The Hall–Kier alpha value is -0.540. The van der Waals surface area contributed by atoms with E-state index in [1.807, 2.05) is 0 Å². The van der Waals surface area contributed by atoms with Crippen molar-refractivity contribution in [1.29, 1.82) is 0 Å². The first-order valence-electron chi connectivity index (χ1n) is 7.04. The molecule has 1 aromatic rings. The molecule has 0 amide bonds. The number of thiocarbonyl (C=S) groups is 1. The summed E-state index contributed by atoms with van der Waals surface area (Å²) in [5.74, 6) is 0. The van der Waals surface area contributed by atoms with E-state index in [2.05, 4.69) is 11.8 Å². The predicted molar refractivity (Wildman–Crippen MR) is 90.1 cm³/mol. The Bertz CT molecular complexity index is 563. The molecular weight excluding hydrogens is 326 g/mol. The molecule has 1 aromatic heterocycles. The van der Waals surface area contributed by atoms with Gasteiger partial charge in [0.1, 0.15) is 4.21 Å². The van der Waals surface area contributed by atoms with Gasteiger partial charge in [-0.15, -0.1) is 11.3 Å². The predicted octanol–water partition coefficient (Wildman–Crippen LogP) is 1.51. The van der Waals surface area contributed by atoms with Gasteiger partial charge in [-0.25, -0.2) is 8.42 Å². The fourth-order valence-electron chi connectivity index (χ4n) is 2.57. The highest BCUT2D eigenvalue weighted by atomic mass is 32.2. The third-order valence-corrected chi connectivity index (χ3v) is 7.24. The van der Waals surface area contributed by atoms with Gasteiger partial charge in [-0.3, -0.25) is 4.90 Å². The van der Waals surface area contributed by atoms with Crippen LogP contribution in [-0.4, -0.2) is 54.8 Å². The lowest BCUT2D eigenvalue weighted by Crippen LogP contribution is -2.54. The van der Waals surface area contributed by atoms with Gasteiger partial charge in [-0.2, -0.15) is 4.31 Å². The molecule has 2 N–H and O–H groups in total. The second-order valence-electron chi connectivity index (χ2n) is 5.08. The molecule has 2 heterocycles. The zero-order chi connectivity index (χ0) is 15.5. The van der Waals surface area contributed by atoms with Gasteiger partial charge in [0.15, 0.2) is 0 Å². The van der Waals surface area contributed by atoms with Crippen LogP contribution < -0.4 is 5.73 Å². The maximum Gasteiger partial charge on any atom is 0.252 e. The molecule has 1 saturated heterocycles. The largest absolute Gasteiger partial charge is 0.392 e. The van der Waals surface area contributed by atoms with Crippen LogP contribution in [-0.2, 0) is 10.0 Å². The molecule has 1 fully saturated rings. The molecule has 0 bridgehead atoms. The van der Waals surface area contributed by atoms with Gasteiger partial charge in [0.2, 0.25) is 0 Å². The third-order valence-electron chi connectivity index (χ3n) is 3.69. The minimum atomic E-state index is -3.34. The highest BCUT2D eigenvalue weighted by Crippen LogP contribution is 2.23. The van der Waals surface area contributed by atoms with E-state index in [-0.39, 0.29) is 6.04 Å². The molecule has 0 radical (unpaired) electrons. The molecule has 1 aliphatic heterocycles. The summed E-state index contributed by atoms with van der Waals surface area (Å²) >= 11 is 6.40. The number of sulfonamides is 1. The van der Waals surface area contributed by atoms with Crippen LogP contribution in [0.15, 0.2) is 21.7 Å². The van der Waals surface area contributed by atoms with Gasteiger partial charge in [-0.1, -0.05) is 31.6 Å². The van der Waals surface area contributed by atoms with Crippen molar-refractivity contribution in [3.8, 4) is 0 Å². The van der Waals surface area contributed by atoms with Gasteiger partial charge in [0, 0.05) is 26.2 Å². The van der Waals surface area contributed by atoms with E-state index in [9.17, 15) is 8.42 Å². The summed E-state index contributed by atoms with van der Waals surface area (Å²) in [6.07, 6.45) is 1.93. The Labute approximate surface area is 135 Å². The molecule has 21 heavy (non-hydrogen) atoms. The summed E-state index contributed by atoms with van der Waals surface area (Å²) in [5, 5.41) is 1.78. The van der Waals surface area contributed by atoms with Crippen LogP contribution in [0, 0.1) is 0 Å². The van der Waals surface area contributed by atoms with Crippen molar-refractivity contribution in [2.45, 2.75) is 30.0 Å². The van der Waals surface area contributed by atoms with E-state index >= 15 is 0 Å². The van der Waals surface area contributed by atoms with E-state index in [4.69, 9.17) is 18.0 Å². The summed E-state index contributed by atoms with van der Waals surface area (Å²) in [6.45, 7) is 4.42. The van der Waals surface area contributed by atoms with E-state index in [0.29, 0.717) is 35.4 Å². The van der Waals surface area contributed by atoms with Crippen molar-refractivity contribution in [3.63, 3.8) is 0 Å². The fraction of sp³-hybridized carbons (Fsp3) is 0.615. The number of nitrogens with two attached hydrogens (primary N) is 1. The SMILES string of the molecule is CCCC(C(N)=S)N1CCN(S(=O)(=O)c2cccs2)CC1. The van der Waals surface area contributed by atoms with Gasteiger partial charge in [0.05, 0.1) is 11.0 Å². The summed E-state index contributed by atoms with van der Waals surface area (Å²) in [7, 11) is -3.34. The molecular formula is C13H21N3O2S3. The minimum absolute atomic E-state index is 0.0802. The molecule has 0 spiro atoms. The Balaban J connectivity index is 2.02. The summed E-state index contributed by atoms with van der Waals surface area (Å²) in [6, 6.07) is 3.50. The summed E-state index contributed by atoms with van der Waals surface area (Å²) in [4.78, 5) is 2.71. The number of piperazine rings is 1. The Morgan fingerprint density at radius 1 is 1.43 bits per heavy atom. The maximum atomic E-state index is 12.5. The molecule has 0 saturated carbocycles. The van der Waals surface area contributed by atoms with Gasteiger partial charge >= 0.3 is 0 Å². The Kier molecular flexibility index (Phi) is 5.73. The molecule has 1 aliphatic rings. The standard InChI is InChI=1S/C13H21N3O2S3/c1-2-4-11(13(14)19)15-6-8-16(9-7-15)21(17,18)12-5-3-10-20-12/h3,5,10-11H,2,4,6-9H2,1H3,(H2,14,19). The van der Waals surface area contributed by atoms with Gasteiger partial charge in [-0.05, 0) is 17.9 Å². The number of nitrogens with zero attached hydrogens (tertiary/aromatic N) is 2. The molecule has 118 valence electrons. The lowest BCUT2D eigenvalue weighted by atomic mass is 10.1. The maximum absolute atomic E-state index is 12.5. The monoisotopic (exact) mass is 347 g/mol. The lowest BCUT2D eigenvalue weighted by molar-refractivity contribution is 0.162. The second-order valence-corrected chi connectivity index (χ2v) is 8.66. The van der Waals surface area contributed by atoms with Crippen LogP contribution >= 0.6 is 23.6 Å². The second kappa shape index (κ2) is 7.15. The Morgan fingerprint density at radius 2 is 2.10 bits per heavy atom. The number of rotatable bonds is 6. The Morgan fingerprint density at radius 3 is 2.57 bits per heavy atom. The molecule has 0 aromatic carbocycles. The zero-order valence-corrected chi connectivity index (χ0v) is 14.5. The molecule has 1 unspecified atom stereocenters. The molecule has 2 rings (SSSR count). The molecule has 0 aliphatic carbocycles. The first-order valence-corrected chi connectivity index (χ1v) is 9.76. The first-order chi connectivity index (χ1) is 9.96. The van der Waals surface area contributed by atoms with Crippen LogP contribution in [0.25, 0.3) is 0 Å². The normalized spacial score (nSPS) is 19.5. The zero-order valence-electron chi connectivity index (χ0n) is 12.1. The topological polar surface area (TPSA) is 66.6 Å². The van der Waals surface area contributed by atoms with Gasteiger partial charge in [0.25, 0.3) is 10.0 Å². The average molecular weight is 348 g/mol. The van der Waals surface area contributed by atoms with Crippen molar-refractivity contribution in [2.24, 2.45) is 5.73 Å². The minimum Gasteiger partial charge on any atom is -0.392 e. The van der Waals surface area contributed by atoms with Crippen LogP contribution in [0.2, 0.25) is 0 Å². The van der Waals surface area contributed by atoms with E-state index in [1.165, 1.54) is 11.3 Å². The number of thiophene rings is 1. The van der Waals surface area contributed by atoms with Crippen molar-refractivity contribution in [1.82, 2.24) is 9.21 Å². The van der Waals surface area contributed by atoms with E-state index < -0.39 is 10.0 Å². The van der Waals surface area contributed by atoms with Crippen molar-refractivity contribution >= 4 is 38.6 Å². The van der Waals surface area contributed by atoms with Crippen molar-refractivity contribution < 1.29 is 8.42 Å². The lowest BCUT2D eigenvalue weighted by Gasteiger charge is -2.38. The smallest absolute Gasteiger partial charge is 0.252 e. The van der Waals surface area contributed by atoms with Crippen LogP contribution in [0.5, 0.6) is 0 Å². The highest BCUT2D eigenvalue weighted by molar-refractivity contribution is 7.91. The molecule has 5 nitrogen and oxygen atoms in total. The fourth-order valence-corrected chi connectivity index (χ4v) is 5.40. The third kappa shape index (κ3) is 3.81. The van der Waals surface area contributed by atoms with Gasteiger partial charge < -0.3 is 5.73 Å². The van der Waals surface area contributed by atoms with Crippen LogP contribution in [0.4, 0.5) is 0 Å². The van der Waals surface area contributed by atoms with Crippen molar-refractivity contribution in [2.75, 3.05) is 26.2 Å². The average Bonchev–Trinajstić information content (AvgIpc) is 2.99. The van der Waals surface area contributed by atoms with E-state index in [1.54, 1.807) is 21.8 Å². The van der Waals surface area contributed by atoms with Crippen LogP contribution in [0.3, 0.4) is 0 Å². The summed E-state index contributed by atoms with van der Waals surface area (Å²) < 4.78 is 26.9. The molecule has 1 atom stereocenters.